The molecule has 0 saturated heterocycles. The number of nitrogens with one attached hydrogen (secondary N) is 2. The fraction of sp³-hybridized carbons (Fsp3) is 0.727. The smallest absolute Gasteiger partial charge is 0.233 e. The number of hydrogen-bond donors (Lipinski definition) is 2. The average Bonchev–Trinajstić information content (AvgIpc) is 2.50. The van der Waals surface area contributed by atoms with Gasteiger partial charge < -0.3 is 10.1 Å². The fourth-order valence-corrected chi connectivity index (χ4v) is 1.28. The van der Waals surface area contributed by atoms with Gasteiger partial charge in [0.15, 0.2) is 0 Å². The van der Waals surface area contributed by atoms with E-state index in [0.29, 0.717) is 11.8 Å². The van der Waals surface area contributed by atoms with Crippen molar-refractivity contribution in [1.82, 2.24) is 15.5 Å². The van der Waals surface area contributed by atoms with E-state index >= 15 is 0 Å². The molecule has 0 fully saturated rings. The molecule has 86 valence electrons. The Balaban J connectivity index is 2.21. The summed E-state index contributed by atoms with van der Waals surface area (Å²) in [6.45, 7) is 10.3. The van der Waals surface area contributed by atoms with E-state index in [-0.39, 0.29) is 6.10 Å². The highest BCUT2D eigenvalue weighted by molar-refractivity contribution is 5.12. The SMILES string of the molecule is Cc1cc(OC(C)CNCC(C)C)n[nH]1. The van der Waals surface area contributed by atoms with Crippen LogP contribution in [0.5, 0.6) is 5.88 Å². The zero-order valence-corrected chi connectivity index (χ0v) is 10.0. The first-order valence-corrected chi connectivity index (χ1v) is 5.47. The molecule has 0 aliphatic carbocycles. The predicted octanol–water partition coefficient (Wildman–Crippen LogP) is 1.73. The van der Waals surface area contributed by atoms with Crippen LogP contribution in [0.1, 0.15) is 26.5 Å². The Kier molecular flexibility index (Phi) is 4.62. The van der Waals surface area contributed by atoms with Gasteiger partial charge in [-0.2, -0.15) is 0 Å². The minimum atomic E-state index is 0.145. The molecule has 1 atom stereocenters. The van der Waals surface area contributed by atoms with Crippen molar-refractivity contribution in [2.45, 2.75) is 33.8 Å². The summed E-state index contributed by atoms with van der Waals surface area (Å²) in [5, 5.41) is 10.2. The Bertz CT molecular complexity index is 283. The third kappa shape index (κ3) is 4.83. The van der Waals surface area contributed by atoms with Crippen LogP contribution in [0, 0.1) is 12.8 Å². The number of H-pyrrole nitrogens is 1. The van der Waals surface area contributed by atoms with Gasteiger partial charge in [0.25, 0.3) is 0 Å². The lowest BCUT2D eigenvalue weighted by Gasteiger charge is -2.14. The molecule has 0 aliphatic rings. The second kappa shape index (κ2) is 5.75. The van der Waals surface area contributed by atoms with Crippen LogP contribution in [0.4, 0.5) is 0 Å². The lowest BCUT2D eigenvalue weighted by atomic mass is 10.2. The van der Waals surface area contributed by atoms with Crippen LogP contribution in [-0.4, -0.2) is 29.4 Å². The van der Waals surface area contributed by atoms with Crippen molar-refractivity contribution in [3.63, 3.8) is 0 Å². The van der Waals surface area contributed by atoms with Crippen LogP contribution < -0.4 is 10.1 Å². The molecule has 2 N–H and O–H groups in total. The fourth-order valence-electron chi connectivity index (χ4n) is 1.28. The van der Waals surface area contributed by atoms with E-state index in [1.54, 1.807) is 0 Å². The summed E-state index contributed by atoms with van der Waals surface area (Å²) >= 11 is 0. The van der Waals surface area contributed by atoms with E-state index in [1.165, 1.54) is 0 Å². The molecule has 0 amide bonds. The average molecular weight is 211 g/mol. The van der Waals surface area contributed by atoms with E-state index in [4.69, 9.17) is 4.74 Å². The normalized spacial score (nSPS) is 13.1. The summed E-state index contributed by atoms with van der Waals surface area (Å²) in [5.74, 6) is 1.34. The number of hydrogen-bond acceptors (Lipinski definition) is 3. The highest BCUT2D eigenvalue weighted by Crippen LogP contribution is 2.08. The van der Waals surface area contributed by atoms with Gasteiger partial charge >= 0.3 is 0 Å². The Morgan fingerprint density at radius 2 is 2.13 bits per heavy atom. The van der Waals surface area contributed by atoms with Crippen molar-refractivity contribution < 1.29 is 4.74 Å². The summed E-state index contributed by atoms with van der Waals surface area (Å²) in [7, 11) is 0. The second-order valence-corrected chi connectivity index (χ2v) is 4.37. The molecular weight excluding hydrogens is 190 g/mol. The minimum Gasteiger partial charge on any atom is -0.472 e. The Labute approximate surface area is 91.4 Å². The van der Waals surface area contributed by atoms with Crippen LogP contribution in [0.2, 0.25) is 0 Å². The van der Waals surface area contributed by atoms with Gasteiger partial charge in [0.2, 0.25) is 5.88 Å². The lowest BCUT2D eigenvalue weighted by Crippen LogP contribution is -2.31. The molecule has 1 heterocycles. The Hall–Kier alpha value is -1.03. The highest BCUT2D eigenvalue weighted by atomic mass is 16.5. The summed E-state index contributed by atoms with van der Waals surface area (Å²) in [5.41, 5.74) is 1.02. The molecule has 0 saturated carbocycles. The van der Waals surface area contributed by atoms with Crippen molar-refractivity contribution in [2.75, 3.05) is 13.1 Å². The van der Waals surface area contributed by atoms with Gasteiger partial charge in [-0.25, -0.2) is 0 Å². The van der Waals surface area contributed by atoms with Crippen molar-refractivity contribution in [3.05, 3.63) is 11.8 Å². The largest absolute Gasteiger partial charge is 0.472 e. The first-order chi connectivity index (χ1) is 7.08. The van der Waals surface area contributed by atoms with Gasteiger partial charge in [-0.1, -0.05) is 13.8 Å². The topological polar surface area (TPSA) is 49.9 Å². The van der Waals surface area contributed by atoms with Crippen molar-refractivity contribution in [1.29, 1.82) is 0 Å². The molecule has 0 spiro atoms. The molecular formula is C11H21N3O. The molecule has 0 bridgehead atoms. The van der Waals surface area contributed by atoms with E-state index in [1.807, 2.05) is 19.9 Å². The Morgan fingerprint density at radius 1 is 1.40 bits per heavy atom. The van der Waals surface area contributed by atoms with Gasteiger partial charge in [-0.15, -0.1) is 5.10 Å². The molecule has 1 unspecified atom stereocenters. The maximum Gasteiger partial charge on any atom is 0.233 e. The zero-order valence-electron chi connectivity index (χ0n) is 10.0. The van der Waals surface area contributed by atoms with Crippen LogP contribution in [0.15, 0.2) is 6.07 Å². The predicted molar refractivity (Wildman–Crippen MR) is 61.1 cm³/mol. The van der Waals surface area contributed by atoms with Gasteiger partial charge in [0.05, 0.1) is 0 Å². The molecule has 4 nitrogen and oxygen atoms in total. The van der Waals surface area contributed by atoms with Crippen LogP contribution in [0.3, 0.4) is 0 Å². The third-order valence-electron chi connectivity index (χ3n) is 1.99. The van der Waals surface area contributed by atoms with Crippen LogP contribution >= 0.6 is 0 Å². The van der Waals surface area contributed by atoms with Crippen molar-refractivity contribution >= 4 is 0 Å². The molecule has 0 radical (unpaired) electrons. The van der Waals surface area contributed by atoms with Crippen molar-refractivity contribution in [3.8, 4) is 5.88 Å². The van der Waals surface area contributed by atoms with E-state index in [2.05, 4.69) is 29.4 Å². The maximum absolute atomic E-state index is 5.61. The lowest BCUT2D eigenvalue weighted by molar-refractivity contribution is 0.207. The molecule has 4 heteroatoms. The first-order valence-electron chi connectivity index (χ1n) is 5.47. The number of nitrogens with zero attached hydrogens (tertiary/aromatic N) is 1. The quantitative estimate of drug-likeness (QED) is 0.753. The van der Waals surface area contributed by atoms with Gasteiger partial charge in [0, 0.05) is 18.3 Å². The summed E-state index contributed by atoms with van der Waals surface area (Å²) < 4.78 is 5.61. The Morgan fingerprint density at radius 3 is 2.67 bits per heavy atom. The highest BCUT2D eigenvalue weighted by Gasteiger charge is 2.06. The second-order valence-electron chi connectivity index (χ2n) is 4.37. The van der Waals surface area contributed by atoms with Crippen LogP contribution in [-0.2, 0) is 0 Å². The molecule has 0 aliphatic heterocycles. The summed E-state index contributed by atoms with van der Waals surface area (Å²) in [6, 6.07) is 1.90. The van der Waals surface area contributed by atoms with E-state index in [0.717, 1.165) is 18.8 Å². The van der Waals surface area contributed by atoms with Gasteiger partial charge in [-0.3, -0.25) is 5.10 Å². The third-order valence-corrected chi connectivity index (χ3v) is 1.99. The minimum absolute atomic E-state index is 0.145. The molecule has 15 heavy (non-hydrogen) atoms. The number of aryl methyl sites for hydroxylation is 1. The standard InChI is InChI=1S/C11H21N3O/c1-8(2)6-12-7-10(4)15-11-5-9(3)13-14-11/h5,8,10,12H,6-7H2,1-4H3,(H,13,14). The van der Waals surface area contributed by atoms with Crippen LogP contribution in [0.25, 0.3) is 0 Å². The number of aromatic amines is 1. The van der Waals surface area contributed by atoms with E-state index in [9.17, 15) is 0 Å². The first kappa shape index (κ1) is 12.0. The summed E-state index contributed by atoms with van der Waals surface area (Å²) in [4.78, 5) is 0. The molecule has 1 aromatic heterocycles. The van der Waals surface area contributed by atoms with Gasteiger partial charge in [-0.05, 0) is 26.3 Å². The maximum atomic E-state index is 5.61. The van der Waals surface area contributed by atoms with E-state index < -0.39 is 0 Å². The molecule has 1 aromatic rings. The monoisotopic (exact) mass is 211 g/mol. The number of ether oxygens (including phenoxy) is 1. The van der Waals surface area contributed by atoms with Gasteiger partial charge in [0.1, 0.15) is 6.10 Å². The molecule has 0 aromatic carbocycles. The number of aromatic nitrogens is 2. The summed E-state index contributed by atoms with van der Waals surface area (Å²) in [6.07, 6.45) is 0.145. The zero-order chi connectivity index (χ0) is 11.3. The number of rotatable bonds is 6. The molecule has 1 rings (SSSR count). The van der Waals surface area contributed by atoms with Crippen molar-refractivity contribution in [2.24, 2.45) is 5.92 Å².